The Hall–Kier alpha value is -3.34. The van der Waals surface area contributed by atoms with Crippen molar-refractivity contribution in [3.8, 4) is 11.4 Å². The third-order valence-electron chi connectivity index (χ3n) is 4.07. The lowest BCUT2D eigenvalue weighted by Crippen LogP contribution is -2.00. The summed E-state index contributed by atoms with van der Waals surface area (Å²) in [4.78, 5) is 16.2. The van der Waals surface area contributed by atoms with Crippen LogP contribution in [0.5, 0.6) is 5.75 Å². The molecule has 5 nitrogen and oxygen atoms in total. The third kappa shape index (κ3) is 3.83. The second-order valence-electron chi connectivity index (χ2n) is 5.80. The number of nitrogens with zero attached hydrogens (tertiary/aromatic N) is 2. The van der Waals surface area contributed by atoms with Gasteiger partial charge in [-0.2, -0.15) is 0 Å². The number of hydrogen-bond donors (Lipinski definition) is 0. The van der Waals surface area contributed by atoms with Crippen molar-refractivity contribution in [2.45, 2.75) is 6.92 Å². The number of ether oxygens (including phenoxy) is 2. The molecule has 0 N–H and O–H groups in total. The molecule has 0 saturated heterocycles. The van der Waals surface area contributed by atoms with Crippen LogP contribution in [0.3, 0.4) is 0 Å². The molecule has 0 unspecified atom stereocenters. The smallest absolute Gasteiger partial charge is 0.337 e. The highest BCUT2D eigenvalue weighted by molar-refractivity contribution is 5.91. The van der Waals surface area contributed by atoms with E-state index in [-0.39, 0.29) is 5.97 Å². The molecule has 0 aliphatic carbocycles. The maximum Gasteiger partial charge on any atom is 0.337 e. The van der Waals surface area contributed by atoms with E-state index in [9.17, 15) is 4.79 Å². The van der Waals surface area contributed by atoms with Gasteiger partial charge in [0.2, 0.25) is 0 Å². The van der Waals surface area contributed by atoms with Gasteiger partial charge < -0.3 is 14.0 Å². The van der Waals surface area contributed by atoms with Crippen LogP contribution in [-0.4, -0.2) is 31.0 Å². The molecule has 2 aromatic carbocycles. The molecular formula is C21H20N2O3. The molecule has 1 aromatic heterocycles. The first-order valence-electron chi connectivity index (χ1n) is 8.16. The molecule has 3 rings (SSSR count). The van der Waals surface area contributed by atoms with Gasteiger partial charge in [-0.25, -0.2) is 4.79 Å². The minimum Gasteiger partial charge on any atom is -0.497 e. The van der Waals surface area contributed by atoms with E-state index in [0.717, 1.165) is 28.3 Å². The summed E-state index contributed by atoms with van der Waals surface area (Å²) in [6, 6.07) is 15.1. The fourth-order valence-electron chi connectivity index (χ4n) is 2.54. The van der Waals surface area contributed by atoms with Crippen LogP contribution in [0.15, 0.2) is 65.9 Å². The summed E-state index contributed by atoms with van der Waals surface area (Å²) < 4.78 is 12.0. The molecule has 3 aromatic rings. The van der Waals surface area contributed by atoms with Crippen LogP contribution in [-0.2, 0) is 4.74 Å². The van der Waals surface area contributed by atoms with E-state index in [1.54, 1.807) is 25.5 Å². The van der Waals surface area contributed by atoms with Gasteiger partial charge in [0.05, 0.1) is 25.5 Å². The van der Waals surface area contributed by atoms with Crippen molar-refractivity contribution in [3.63, 3.8) is 0 Å². The average Bonchev–Trinajstić information content (AvgIpc) is 3.16. The molecule has 26 heavy (non-hydrogen) atoms. The van der Waals surface area contributed by atoms with Gasteiger partial charge in [0.1, 0.15) is 5.75 Å². The predicted octanol–water partition coefficient (Wildman–Crippen LogP) is 4.33. The highest BCUT2D eigenvalue weighted by atomic mass is 16.5. The van der Waals surface area contributed by atoms with Crippen molar-refractivity contribution in [2.75, 3.05) is 14.2 Å². The second-order valence-corrected chi connectivity index (χ2v) is 5.80. The molecule has 0 fully saturated rings. The lowest BCUT2D eigenvalue weighted by atomic mass is 10.1. The van der Waals surface area contributed by atoms with E-state index in [2.05, 4.69) is 4.99 Å². The summed E-state index contributed by atoms with van der Waals surface area (Å²) in [5.74, 6) is 0.454. The summed E-state index contributed by atoms with van der Waals surface area (Å²) in [5.41, 5.74) is 4.22. The molecule has 5 heteroatoms. The number of aryl methyl sites for hydroxylation is 1. The summed E-state index contributed by atoms with van der Waals surface area (Å²) >= 11 is 0. The fraction of sp³-hybridized carbons (Fsp3) is 0.143. The Bertz CT molecular complexity index is 940. The predicted molar refractivity (Wildman–Crippen MR) is 102 cm³/mol. The topological polar surface area (TPSA) is 52.8 Å². The second kappa shape index (κ2) is 7.70. The van der Waals surface area contributed by atoms with E-state index < -0.39 is 0 Å². The summed E-state index contributed by atoms with van der Waals surface area (Å²) in [6.07, 6.45) is 5.75. The molecule has 0 bridgehead atoms. The van der Waals surface area contributed by atoms with Crippen molar-refractivity contribution >= 4 is 17.9 Å². The zero-order valence-electron chi connectivity index (χ0n) is 15.0. The van der Waals surface area contributed by atoms with E-state index in [0.29, 0.717) is 5.56 Å². The van der Waals surface area contributed by atoms with Crippen LogP contribution in [0.25, 0.3) is 5.69 Å². The monoisotopic (exact) mass is 348 g/mol. The Morgan fingerprint density at radius 3 is 2.54 bits per heavy atom. The quantitative estimate of drug-likeness (QED) is 0.509. The molecule has 0 spiro atoms. The highest BCUT2D eigenvalue weighted by Crippen LogP contribution is 2.21. The number of esters is 1. The van der Waals surface area contributed by atoms with Crippen LogP contribution in [0.2, 0.25) is 0 Å². The third-order valence-corrected chi connectivity index (χ3v) is 4.07. The first-order chi connectivity index (χ1) is 12.6. The standard InChI is InChI=1S/C21H20N2O3/c1-15-4-5-17(21(24)26-3)12-20(15)22-13-16-10-11-23(14-16)18-6-8-19(25-2)9-7-18/h4-14H,1-3H3. The van der Waals surface area contributed by atoms with E-state index in [1.807, 2.05) is 60.3 Å². The molecule has 0 aliphatic heterocycles. The first kappa shape index (κ1) is 17.5. The minimum absolute atomic E-state index is 0.368. The molecule has 0 saturated carbocycles. The molecule has 132 valence electrons. The van der Waals surface area contributed by atoms with Crippen molar-refractivity contribution in [2.24, 2.45) is 4.99 Å². The van der Waals surface area contributed by atoms with Crippen LogP contribution < -0.4 is 4.74 Å². The fourth-order valence-corrected chi connectivity index (χ4v) is 2.54. The van der Waals surface area contributed by atoms with Crippen molar-refractivity contribution < 1.29 is 14.3 Å². The van der Waals surface area contributed by atoms with E-state index in [4.69, 9.17) is 9.47 Å². The molecule has 0 atom stereocenters. The van der Waals surface area contributed by atoms with Gasteiger partial charge in [-0.1, -0.05) is 6.07 Å². The number of carbonyl (C=O) groups excluding carboxylic acids is 1. The Morgan fingerprint density at radius 1 is 1.08 bits per heavy atom. The van der Waals surface area contributed by atoms with Crippen molar-refractivity contribution in [3.05, 3.63) is 77.6 Å². The number of benzene rings is 2. The summed E-state index contributed by atoms with van der Waals surface area (Å²) in [6.45, 7) is 1.95. The summed E-state index contributed by atoms with van der Waals surface area (Å²) in [5, 5.41) is 0. The van der Waals surface area contributed by atoms with Crippen LogP contribution >= 0.6 is 0 Å². The molecule has 0 amide bonds. The average molecular weight is 348 g/mol. The molecular weight excluding hydrogens is 328 g/mol. The summed E-state index contributed by atoms with van der Waals surface area (Å²) in [7, 11) is 3.02. The maximum atomic E-state index is 11.7. The number of methoxy groups -OCH3 is 2. The normalized spacial score (nSPS) is 10.9. The Balaban J connectivity index is 1.81. The van der Waals surface area contributed by atoms with Gasteiger partial charge in [0.15, 0.2) is 0 Å². The highest BCUT2D eigenvalue weighted by Gasteiger charge is 2.07. The maximum absolute atomic E-state index is 11.7. The number of carbonyl (C=O) groups is 1. The van der Waals surface area contributed by atoms with Crippen LogP contribution in [0.4, 0.5) is 5.69 Å². The largest absolute Gasteiger partial charge is 0.497 e. The Kier molecular flexibility index (Phi) is 5.17. The van der Waals surface area contributed by atoms with Gasteiger partial charge in [0.25, 0.3) is 0 Å². The Labute approximate surface area is 152 Å². The SMILES string of the molecule is COC(=O)c1ccc(C)c(N=Cc2ccn(-c3ccc(OC)cc3)c2)c1. The van der Waals surface area contributed by atoms with Crippen LogP contribution in [0.1, 0.15) is 21.5 Å². The van der Waals surface area contributed by atoms with Gasteiger partial charge >= 0.3 is 5.97 Å². The molecule has 0 radical (unpaired) electrons. The van der Waals surface area contributed by atoms with E-state index >= 15 is 0 Å². The minimum atomic E-state index is -0.368. The zero-order valence-corrected chi connectivity index (χ0v) is 15.0. The lowest BCUT2D eigenvalue weighted by Gasteiger charge is -2.04. The number of aromatic nitrogens is 1. The van der Waals surface area contributed by atoms with Crippen LogP contribution in [0, 0.1) is 6.92 Å². The zero-order chi connectivity index (χ0) is 18.5. The first-order valence-corrected chi connectivity index (χ1v) is 8.16. The Morgan fingerprint density at radius 2 is 1.85 bits per heavy atom. The number of hydrogen-bond acceptors (Lipinski definition) is 4. The molecule has 0 aliphatic rings. The van der Waals surface area contributed by atoms with E-state index in [1.165, 1.54) is 7.11 Å². The van der Waals surface area contributed by atoms with Crippen molar-refractivity contribution in [1.82, 2.24) is 4.57 Å². The van der Waals surface area contributed by atoms with Gasteiger partial charge in [-0.05, 0) is 55.0 Å². The molecule has 1 heterocycles. The number of rotatable bonds is 5. The van der Waals surface area contributed by atoms with Gasteiger partial charge in [0, 0.05) is 29.9 Å². The lowest BCUT2D eigenvalue weighted by molar-refractivity contribution is 0.0601. The van der Waals surface area contributed by atoms with Gasteiger partial charge in [-0.15, -0.1) is 0 Å². The number of aliphatic imine (C=N–C) groups is 1. The van der Waals surface area contributed by atoms with Gasteiger partial charge in [-0.3, -0.25) is 4.99 Å². The van der Waals surface area contributed by atoms with Crippen molar-refractivity contribution in [1.29, 1.82) is 0 Å².